The highest BCUT2D eigenvalue weighted by Gasteiger charge is 2.09. The Morgan fingerprint density at radius 1 is 1.00 bits per heavy atom. The minimum Gasteiger partial charge on any atom is -0.508 e. The van der Waals surface area contributed by atoms with E-state index >= 15 is 0 Å². The van der Waals surface area contributed by atoms with Crippen LogP contribution in [0.2, 0.25) is 0 Å². The molecule has 0 spiro atoms. The number of rotatable bonds is 1. The Kier molecular flexibility index (Phi) is 2.56. The van der Waals surface area contributed by atoms with Crippen molar-refractivity contribution in [1.82, 2.24) is 9.78 Å². The molecule has 0 aliphatic rings. The van der Waals surface area contributed by atoms with Crippen LogP contribution in [0, 0.1) is 20.8 Å². The lowest BCUT2D eigenvalue weighted by atomic mass is 10.1. The highest BCUT2D eigenvalue weighted by atomic mass is 16.3. The zero-order chi connectivity index (χ0) is 13.6. The van der Waals surface area contributed by atoms with Gasteiger partial charge in [-0.1, -0.05) is 17.7 Å². The van der Waals surface area contributed by atoms with Crippen molar-refractivity contribution in [3.63, 3.8) is 0 Å². The Morgan fingerprint density at radius 3 is 2.37 bits per heavy atom. The van der Waals surface area contributed by atoms with Crippen LogP contribution >= 0.6 is 0 Å². The topological polar surface area (TPSA) is 38.0 Å². The minimum atomic E-state index is 0.268. The second kappa shape index (κ2) is 4.12. The van der Waals surface area contributed by atoms with Crippen LogP contribution in [-0.4, -0.2) is 14.9 Å². The second-order valence-electron chi connectivity index (χ2n) is 5.06. The molecule has 0 amide bonds. The smallest absolute Gasteiger partial charge is 0.116 e. The Hall–Kier alpha value is -2.29. The number of hydrogen-bond donors (Lipinski definition) is 1. The Balaban J connectivity index is 2.24. The molecular weight excluding hydrogens is 236 g/mol. The zero-order valence-corrected chi connectivity index (χ0v) is 11.3. The first-order valence-electron chi connectivity index (χ1n) is 6.31. The maximum atomic E-state index is 9.52. The van der Waals surface area contributed by atoms with Gasteiger partial charge in [0.05, 0.1) is 11.2 Å². The predicted octanol–water partition coefficient (Wildman–Crippen LogP) is 3.66. The van der Waals surface area contributed by atoms with E-state index in [1.54, 1.807) is 12.1 Å². The van der Waals surface area contributed by atoms with E-state index in [-0.39, 0.29) is 5.75 Å². The highest BCUT2D eigenvalue weighted by Crippen LogP contribution is 2.24. The van der Waals surface area contributed by atoms with Gasteiger partial charge < -0.3 is 5.11 Å². The molecule has 0 aliphatic carbocycles. The number of hydrogen-bond acceptors (Lipinski definition) is 2. The van der Waals surface area contributed by atoms with E-state index in [1.165, 1.54) is 16.7 Å². The molecule has 3 rings (SSSR count). The fourth-order valence-electron chi connectivity index (χ4n) is 2.66. The number of benzene rings is 2. The molecule has 0 bridgehead atoms. The van der Waals surface area contributed by atoms with Crippen molar-refractivity contribution in [2.45, 2.75) is 20.8 Å². The molecule has 96 valence electrons. The third-order valence-electron chi connectivity index (χ3n) is 3.35. The van der Waals surface area contributed by atoms with E-state index in [0.29, 0.717) is 0 Å². The minimum absolute atomic E-state index is 0.268. The number of aromatic hydroxyl groups is 1. The summed E-state index contributed by atoms with van der Waals surface area (Å²) < 4.78 is 1.90. The van der Waals surface area contributed by atoms with Crippen molar-refractivity contribution in [2.75, 3.05) is 0 Å². The third kappa shape index (κ3) is 1.97. The van der Waals surface area contributed by atoms with E-state index in [4.69, 9.17) is 0 Å². The van der Waals surface area contributed by atoms with Gasteiger partial charge >= 0.3 is 0 Å². The second-order valence-corrected chi connectivity index (χ2v) is 5.06. The van der Waals surface area contributed by atoms with Gasteiger partial charge in [0.2, 0.25) is 0 Å². The van der Waals surface area contributed by atoms with Gasteiger partial charge in [0, 0.05) is 11.6 Å². The number of phenolic OH excluding ortho intramolecular Hbond substituents is 1. The molecule has 19 heavy (non-hydrogen) atoms. The van der Waals surface area contributed by atoms with Crippen molar-refractivity contribution in [2.24, 2.45) is 0 Å². The number of nitrogens with zero attached hydrogens (tertiary/aromatic N) is 2. The summed E-state index contributed by atoms with van der Waals surface area (Å²) in [5, 5.41) is 15.0. The van der Waals surface area contributed by atoms with Gasteiger partial charge in [-0.15, -0.1) is 0 Å². The van der Waals surface area contributed by atoms with E-state index in [0.717, 1.165) is 16.6 Å². The molecule has 0 radical (unpaired) electrons. The summed E-state index contributed by atoms with van der Waals surface area (Å²) in [5.74, 6) is 0.268. The highest BCUT2D eigenvalue weighted by molar-refractivity contribution is 5.80. The molecule has 3 heteroatoms. The largest absolute Gasteiger partial charge is 0.508 e. The third-order valence-corrected chi connectivity index (χ3v) is 3.35. The first-order chi connectivity index (χ1) is 9.04. The van der Waals surface area contributed by atoms with Crippen LogP contribution in [0.3, 0.4) is 0 Å². The lowest BCUT2D eigenvalue weighted by Gasteiger charge is -2.10. The van der Waals surface area contributed by atoms with Gasteiger partial charge in [-0.25, -0.2) is 4.68 Å². The first-order valence-corrected chi connectivity index (χ1v) is 6.31. The van der Waals surface area contributed by atoms with Crippen LogP contribution in [0.4, 0.5) is 0 Å². The van der Waals surface area contributed by atoms with Crippen LogP contribution < -0.4 is 0 Å². The molecule has 1 heterocycles. The van der Waals surface area contributed by atoms with Crippen LogP contribution in [0.25, 0.3) is 16.6 Å². The first kappa shape index (κ1) is 11.8. The molecule has 1 aromatic heterocycles. The number of aromatic nitrogens is 2. The summed E-state index contributed by atoms with van der Waals surface area (Å²) in [6, 6.07) is 9.55. The van der Waals surface area contributed by atoms with Crippen molar-refractivity contribution in [3.05, 3.63) is 53.2 Å². The quantitative estimate of drug-likeness (QED) is 0.717. The maximum Gasteiger partial charge on any atom is 0.116 e. The summed E-state index contributed by atoms with van der Waals surface area (Å²) >= 11 is 0. The number of phenols is 1. The van der Waals surface area contributed by atoms with Gasteiger partial charge in [0.25, 0.3) is 0 Å². The van der Waals surface area contributed by atoms with E-state index < -0.39 is 0 Å². The predicted molar refractivity (Wildman–Crippen MR) is 76.9 cm³/mol. The summed E-state index contributed by atoms with van der Waals surface area (Å²) in [6.45, 7) is 6.29. The molecule has 1 N–H and O–H groups in total. The van der Waals surface area contributed by atoms with E-state index in [2.05, 4.69) is 38.0 Å². The van der Waals surface area contributed by atoms with Gasteiger partial charge in [-0.3, -0.25) is 0 Å². The van der Waals surface area contributed by atoms with Crippen LogP contribution in [-0.2, 0) is 0 Å². The molecule has 0 saturated carbocycles. The van der Waals surface area contributed by atoms with E-state index in [1.807, 2.05) is 16.9 Å². The molecular formula is C16H16N2O. The normalized spacial score (nSPS) is 11.1. The zero-order valence-electron chi connectivity index (χ0n) is 11.3. The fraction of sp³-hybridized carbons (Fsp3) is 0.188. The van der Waals surface area contributed by atoms with Crippen molar-refractivity contribution >= 4 is 10.9 Å². The van der Waals surface area contributed by atoms with Crippen molar-refractivity contribution in [3.8, 4) is 11.4 Å². The van der Waals surface area contributed by atoms with Crippen LogP contribution in [0.5, 0.6) is 5.75 Å². The summed E-state index contributed by atoms with van der Waals surface area (Å²) in [5.41, 5.74) is 5.66. The number of aryl methyl sites for hydroxylation is 3. The molecule has 0 atom stereocenters. The van der Waals surface area contributed by atoms with Gasteiger partial charge in [0.15, 0.2) is 0 Å². The molecule has 3 nitrogen and oxygen atoms in total. The van der Waals surface area contributed by atoms with Gasteiger partial charge in [0.1, 0.15) is 5.75 Å². The molecule has 0 aliphatic heterocycles. The average Bonchev–Trinajstić information content (AvgIpc) is 2.69. The summed E-state index contributed by atoms with van der Waals surface area (Å²) in [4.78, 5) is 0. The lowest BCUT2D eigenvalue weighted by molar-refractivity contribution is 0.476. The van der Waals surface area contributed by atoms with Crippen LogP contribution in [0.1, 0.15) is 16.7 Å². The van der Waals surface area contributed by atoms with Gasteiger partial charge in [-0.2, -0.15) is 5.10 Å². The fourth-order valence-corrected chi connectivity index (χ4v) is 2.66. The molecule has 3 aromatic rings. The molecule has 0 unspecified atom stereocenters. The van der Waals surface area contributed by atoms with Crippen molar-refractivity contribution < 1.29 is 5.11 Å². The van der Waals surface area contributed by atoms with Crippen molar-refractivity contribution in [1.29, 1.82) is 0 Å². The standard InChI is InChI=1S/C16H16N2O/c1-10-6-11(2)16(12(3)7-10)18-9-13-8-14(19)4-5-15(13)17-18/h4-9,19H,1-3H3. The molecule has 2 aromatic carbocycles. The monoisotopic (exact) mass is 252 g/mol. The molecule has 0 fully saturated rings. The molecule has 0 saturated heterocycles. The lowest BCUT2D eigenvalue weighted by Crippen LogP contribution is -2.01. The maximum absolute atomic E-state index is 9.52. The Morgan fingerprint density at radius 2 is 1.68 bits per heavy atom. The number of fused-ring (bicyclic) bond motifs is 1. The Labute approximate surface area is 112 Å². The van der Waals surface area contributed by atoms with Crippen LogP contribution in [0.15, 0.2) is 36.5 Å². The SMILES string of the molecule is Cc1cc(C)c(-n2cc3cc(O)ccc3n2)c(C)c1. The Bertz CT molecular complexity index is 749. The summed E-state index contributed by atoms with van der Waals surface area (Å²) in [6.07, 6.45) is 1.96. The van der Waals surface area contributed by atoms with E-state index in [9.17, 15) is 5.11 Å². The van der Waals surface area contributed by atoms with Gasteiger partial charge in [-0.05, 0) is 50.1 Å². The average molecular weight is 252 g/mol. The summed E-state index contributed by atoms with van der Waals surface area (Å²) in [7, 11) is 0.